The molecule has 0 aromatic carbocycles. The fourth-order valence-electron chi connectivity index (χ4n) is 2.95. The molecule has 3 aromatic heterocycles. The third-order valence-corrected chi connectivity index (χ3v) is 5.11. The molecule has 0 bridgehead atoms. The Kier molecular flexibility index (Phi) is 5.45. The number of nitrogens with one attached hydrogen (secondary N) is 1. The van der Waals surface area contributed by atoms with Crippen molar-refractivity contribution in [2.24, 2.45) is 0 Å². The number of amides is 1. The zero-order valence-corrected chi connectivity index (χ0v) is 15.5. The maximum atomic E-state index is 12.6. The first-order valence-corrected chi connectivity index (χ1v) is 9.34. The number of carbonyl (C=O) groups excluding carboxylic acids is 1. The van der Waals surface area contributed by atoms with Crippen LogP contribution in [0.5, 0.6) is 0 Å². The largest absolute Gasteiger partial charge is 0.350 e. The lowest BCUT2D eigenvalue weighted by molar-refractivity contribution is 0.0935. The average Bonchev–Trinajstić information content (AvgIpc) is 3.28. The zero-order valence-electron chi connectivity index (χ0n) is 14.7. The van der Waals surface area contributed by atoms with Gasteiger partial charge in [-0.1, -0.05) is 19.0 Å². The standard InChI is InChI=1S/C18H22N4O2S/c1-4-22(5-2)16(13-6-7-25-11-13)10-19-17(23)14-8-15-12(3)21-24-18(15)20-9-14/h6-9,11,16H,4-5,10H2,1-3H3,(H,19,23)/t16-/m1/s1. The second kappa shape index (κ2) is 7.76. The second-order valence-corrected chi connectivity index (χ2v) is 6.63. The minimum absolute atomic E-state index is 0.137. The summed E-state index contributed by atoms with van der Waals surface area (Å²) in [5, 5.41) is 11.9. The van der Waals surface area contributed by atoms with Crippen molar-refractivity contribution in [2.45, 2.75) is 26.8 Å². The summed E-state index contributed by atoms with van der Waals surface area (Å²) in [6.07, 6.45) is 1.53. The van der Waals surface area contributed by atoms with Crippen LogP contribution in [-0.4, -0.2) is 40.6 Å². The van der Waals surface area contributed by atoms with Crippen LogP contribution in [0.1, 0.15) is 41.5 Å². The van der Waals surface area contributed by atoms with Gasteiger partial charge in [-0.05, 0) is 48.5 Å². The van der Waals surface area contributed by atoms with Crippen LogP contribution in [-0.2, 0) is 0 Å². The van der Waals surface area contributed by atoms with E-state index in [2.05, 4.69) is 51.0 Å². The van der Waals surface area contributed by atoms with Crippen LogP contribution in [0.25, 0.3) is 11.1 Å². The smallest absolute Gasteiger partial charge is 0.257 e. The molecule has 0 aliphatic carbocycles. The van der Waals surface area contributed by atoms with Gasteiger partial charge in [-0.25, -0.2) is 4.98 Å². The number of carbonyl (C=O) groups is 1. The van der Waals surface area contributed by atoms with Crippen molar-refractivity contribution in [1.82, 2.24) is 20.4 Å². The van der Waals surface area contributed by atoms with E-state index < -0.39 is 0 Å². The van der Waals surface area contributed by atoms with E-state index in [4.69, 9.17) is 4.52 Å². The first kappa shape index (κ1) is 17.6. The summed E-state index contributed by atoms with van der Waals surface area (Å²) in [6.45, 7) is 8.52. The summed E-state index contributed by atoms with van der Waals surface area (Å²) in [5.41, 5.74) is 2.93. The summed E-state index contributed by atoms with van der Waals surface area (Å²) in [7, 11) is 0. The average molecular weight is 358 g/mol. The minimum atomic E-state index is -0.137. The summed E-state index contributed by atoms with van der Waals surface area (Å²) in [4.78, 5) is 19.1. The van der Waals surface area contributed by atoms with Gasteiger partial charge in [-0.15, -0.1) is 0 Å². The zero-order chi connectivity index (χ0) is 17.8. The van der Waals surface area contributed by atoms with Gasteiger partial charge < -0.3 is 9.84 Å². The van der Waals surface area contributed by atoms with Crippen molar-refractivity contribution in [1.29, 1.82) is 0 Å². The minimum Gasteiger partial charge on any atom is -0.350 e. The molecule has 1 amide bonds. The number of nitrogens with zero attached hydrogens (tertiary/aromatic N) is 3. The Morgan fingerprint density at radius 2 is 2.20 bits per heavy atom. The molecular weight excluding hydrogens is 336 g/mol. The Balaban J connectivity index is 1.75. The number of likely N-dealkylation sites (N-methyl/N-ethyl adjacent to an activating group) is 1. The summed E-state index contributed by atoms with van der Waals surface area (Å²) >= 11 is 1.67. The molecule has 3 aromatic rings. The number of thiophene rings is 1. The molecule has 0 aliphatic heterocycles. The van der Waals surface area contributed by atoms with Crippen molar-refractivity contribution < 1.29 is 9.32 Å². The molecule has 6 nitrogen and oxygen atoms in total. The predicted molar refractivity (Wildman–Crippen MR) is 98.9 cm³/mol. The number of pyridine rings is 1. The number of hydrogen-bond acceptors (Lipinski definition) is 6. The van der Waals surface area contributed by atoms with Crippen LogP contribution in [0.3, 0.4) is 0 Å². The number of aromatic nitrogens is 2. The SMILES string of the molecule is CCN(CC)[C@H](CNC(=O)c1cnc2onc(C)c2c1)c1ccsc1. The summed E-state index contributed by atoms with van der Waals surface area (Å²) < 4.78 is 5.09. The van der Waals surface area contributed by atoms with Crippen LogP contribution in [0.2, 0.25) is 0 Å². The van der Waals surface area contributed by atoms with Gasteiger partial charge in [0.05, 0.1) is 22.7 Å². The van der Waals surface area contributed by atoms with Gasteiger partial charge in [0.25, 0.3) is 11.6 Å². The Hall–Kier alpha value is -2.25. The Morgan fingerprint density at radius 3 is 2.88 bits per heavy atom. The van der Waals surface area contributed by atoms with E-state index >= 15 is 0 Å². The van der Waals surface area contributed by atoms with Gasteiger partial charge in [-0.3, -0.25) is 9.69 Å². The van der Waals surface area contributed by atoms with Gasteiger partial charge in [0.15, 0.2) is 0 Å². The fourth-order valence-corrected chi connectivity index (χ4v) is 3.65. The molecular formula is C18H22N4O2S. The van der Waals surface area contributed by atoms with Gasteiger partial charge >= 0.3 is 0 Å². The van der Waals surface area contributed by atoms with E-state index in [1.165, 1.54) is 11.8 Å². The summed E-state index contributed by atoms with van der Waals surface area (Å²) in [6, 6.07) is 4.06. The van der Waals surface area contributed by atoms with Crippen LogP contribution in [0.4, 0.5) is 0 Å². The maximum absolute atomic E-state index is 12.6. The van der Waals surface area contributed by atoms with Gasteiger partial charge in [0.2, 0.25) is 0 Å². The monoisotopic (exact) mass is 358 g/mol. The lowest BCUT2D eigenvalue weighted by atomic mass is 10.1. The number of rotatable bonds is 7. The molecule has 7 heteroatoms. The van der Waals surface area contributed by atoms with Crippen LogP contribution < -0.4 is 5.32 Å². The highest BCUT2D eigenvalue weighted by Crippen LogP contribution is 2.22. The van der Waals surface area contributed by atoms with Crippen molar-refractivity contribution in [3.63, 3.8) is 0 Å². The third kappa shape index (κ3) is 3.72. The molecule has 1 atom stereocenters. The molecule has 0 spiro atoms. The molecule has 1 N–H and O–H groups in total. The molecule has 3 heterocycles. The maximum Gasteiger partial charge on any atom is 0.257 e. The number of aryl methyl sites for hydroxylation is 1. The van der Waals surface area contributed by atoms with Crippen LogP contribution >= 0.6 is 11.3 Å². The summed E-state index contributed by atoms with van der Waals surface area (Å²) in [5.74, 6) is -0.137. The van der Waals surface area contributed by atoms with E-state index in [-0.39, 0.29) is 11.9 Å². The molecule has 3 rings (SSSR count). The van der Waals surface area contributed by atoms with E-state index in [1.54, 1.807) is 17.4 Å². The molecule has 0 saturated heterocycles. The normalized spacial score (nSPS) is 12.6. The van der Waals surface area contributed by atoms with Gasteiger partial charge in [0.1, 0.15) is 0 Å². The fraction of sp³-hybridized carbons (Fsp3) is 0.389. The van der Waals surface area contributed by atoms with Gasteiger partial charge in [0, 0.05) is 12.7 Å². The Bertz CT molecular complexity index is 840. The number of fused-ring (bicyclic) bond motifs is 1. The number of hydrogen-bond donors (Lipinski definition) is 1. The lowest BCUT2D eigenvalue weighted by Crippen LogP contribution is -2.37. The quantitative estimate of drug-likeness (QED) is 0.701. The first-order chi connectivity index (χ1) is 12.1. The Labute approximate surface area is 150 Å². The second-order valence-electron chi connectivity index (χ2n) is 5.85. The topological polar surface area (TPSA) is 71.3 Å². The van der Waals surface area contributed by atoms with Gasteiger partial charge in [-0.2, -0.15) is 11.3 Å². The van der Waals surface area contributed by atoms with E-state index in [9.17, 15) is 4.79 Å². The van der Waals surface area contributed by atoms with E-state index in [0.717, 1.165) is 24.2 Å². The molecule has 0 saturated carbocycles. The molecule has 0 aliphatic rings. The highest BCUT2D eigenvalue weighted by molar-refractivity contribution is 7.07. The molecule has 132 valence electrons. The van der Waals surface area contributed by atoms with E-state index in [1.807, 2.05) is 6.92 Å². The molecule has 0 unspecified atom stereocenters. The van der Waals surface area contributed by atoms with Crippen molar-refractivity contribution in [2.75, 3.05) is 19.6 Å². The molecule has 0 fully saturated rings. The predicted octanol–water partition coefficient (Wildman–Crippen LogP) is 3.41. The van der Waals surface area contributed by atoms with Crippen molar-refractivity contribution in [3.05, 3.63) is 45.9 Å². The highest BCUT2D eigenvalue weighted by Gasteiger charge is 2.20. The van der Waals surface area contributed by atoms with Crippen LogP contribution in [0, 0.1) is 6.92 Å². The first-order valence-electron chi connectivity index (χ1n) is 8.40. The Morgan fingerprint density at radius 1 is 1.40 bits per heavy atom. The molecule has 25 heavy (non-hydrogen) atoms. The third-order valence-electron chi connectivity index (χ3n) is 4.41. The van der Waals surface area contributed by atoms with Crippen LogP contribution in [0.15, 0.2) is 33.6 Å². The molecule has 0 radical (unpaired) electrons. The lowest BCUT2D eigenvalue weighted by Gasteiger charge is -2.29. The highest BCUT2D eigenvalue weighted by atomic mass is 32.1. The van der Waals surface area contributed by atoms with Crippen molar-refractivity contribution >= 4 is 28.3 Å². The van der Waals surface area contributed by atoms with E-state index in [0.29, 0.717) is 17.8 Å². The van der Waals surface area contributed by atoms with Crippen molar-refractivity contribution in [3.8, 4) is 0 Å².